The Labute approximate surface area is 142 Å². The molecule has 112 valence electrons. The zero-order valence-electron chi connectivity index (χ0n) is 11.0. The lowest BCUT2D eigenvalue weighted by atomic mass is 10.0. The standard InChI is InChI=1S/C15H11Cl4FO/c1-2-21-13-7-11(17)9(6-12(13)18)14(19)8-4-3-5-10(16)15(8)20/h3-7,14H,2H2,1H3. The quantitative estimate of drug-likeness (QED) is 0.559. The summed E-state index contributed by atoms with van der Waals surface area (Å²) in [7, 11) is 0. The van der Waals surface area contributed by atoms with Gasteiger partial charge in [0.15, 0.2) is 0 Å². The number of benzene rings is 2. The van der Waals surface area contributed by atoms with Gasteiger partial charge in [0.05, 0.1) is 22.0 Å². The van der Waals surface area contributed by atoms with Crippen LogP contribution in [0.25, 0.3) is 0 Å². The largest absolute Gasteiger partial charge is 0.492 e. The summed E-state index contributed by atoms with van der Waals surface area (Å²) in [5.74, 6) is -0.108. The van der Waals surface area contributed by atoms with E-state index >= 15 is 0 Å². The molecular formula is C15H11Cl4FO. The van der Waals surface area contributed by atoms with E-state index in [1.54, 1.807) is 24.3 Å². The van der Waals surface area contributed by atoms with Crippen LogP contribution in [0.3, 0.4) is 0 Å². The molecule has 0 N–H and O–H groups in total. The SMILES string of the molecule is CCOc1cc(Cl)c(C(Cl)c2cccc(Cl)c2F)cc1Cl. The van der Waals surface area contributed by atoms with E-state index in [0.717, 1.165) is 0 Å². The van der Waals surface area contributed by atoms with Gasteiger partial charge in [-0.2, -0.15) is 0 Å². The Hall–Kier alpha value is -0.670. The Balaban J connectivity index is 2.46. The first-order chi connectivity index (χ1) is 9.95. The maximum atomic E-state index is 14.1. The van der Waals surface area contributed by atoms with Crippen molar-refractivity contribution >= 4 is 46.4 Å². The number of halogens is 5. The van der Waals surface area contributed by atoms with Gasteiger partial charge in [0.25, 0.3) is 0 Å². The van der Waals surface area contributed by atoms with Crippen LogP contribution in [0.1, 0.15) is 23.4 Å². The van der Waals surface area contributed by atoms with Crippen LogP contribution in [0.4, 0.5) is 4.39 Å². The van der Waals surface area contributed by atoms with Crippen LogP contribution >= 0.6 is 46.4 Å². The molecule has 2 rings (SSSR count). The molecule has 6 heteroatoms. The molecule has 21 heavy (non-hydrogen) atoms. The Kier molecular flexibility index (Phi) is 5.61. The summed E-state index contributed by atoms with van der Waals surface area (Å²) in [5, 5.41) is -0.0813. The molecule has 0 aromatic heterocycles. The minimum atomic E-state index is -0.802. The second kappa shape index (κ2) is 7.06. The second-order valence-electron chi connectivity index (χ2n) is 4.24. The smallest absolute Gasteiger partial charge is 0.146 e. The van der Waals surface area contributed by atoms with Gasteiger partial charge in [-0.25, -0.2) is 4.39 Å². The van der Waals surface area contributed by atoms with Gasteiger partial charge in [-0.15, -0.1) is 11.6 Å². The molecule has 0 bridgehead atoms. The molecule has 2 aromatic carbocycles. The molecule has 0 aliphatic rings. The number of ether oxygens (including phenoxy) is 1. The molecule has 0 saturated carbocycles. The summed E-state index contributed by atoms with van der Waals surface area (Å²) in [6, 6.07) is 7.78. The third-order valence-corrected chi connectivity index (χ3v) is 4.26. The maximum Gasteiger partial charge on any atom is 0.146 e. The molecule has 0 aliphatic heterocycles. The van der Waals surface area contributed by atoms with E-state index in [-0.39, 0.29) is 10.6 Å². The van der Waals surface area contributed by atoms with E-state index < -0.39 is 11.2 Å². The van der Waals surface area contributed by atoms with Crippen LogP contribution in [0.5, 0.6) is 5.75 Å². The molecular weight excluding hydrogens is 357 g/mol. The average molecular weight is 368 g/mol. The van der Waals surface area contributed by atoms with Crippen molar-refractivity contribution in [1.29, 1.82) is 0 Å². The Morgan fingerprint density at radius 1 is 1.05 bits per heavy atom. The summed E-state index contributed by atoms with van der Waals surface area (Å²) < 4.78 is 19.4. The van der Waals surface area contributed by atoms with Crippen molar-refractivity contribution in [3.8, 4) is 5.75 Å². The fraction of sp³-hybridized carbons (Fsp3) is 0.200. The van der Waals surface area contributed by atoms with Crippen molar-refractivity contribution in [1.82, 2.24) is 0 Å². The van der Waals surface area contributed by atoms with E-state index in [2.05, 4.69) is 0 Å². The van der Waals surface area contributed by atoms with Gasteiger partial charge in [-0.1, -0.05) is 46.9 Å². The highest BCUT2D eigenvalue weighted by Crippen LogP contribution is 2.40. The minimum Gasteiger partial charge on any atom is -0.492 e. The lowest BCUT2D eigenvalue weighted by Gasteiger charge is -2.16. The fourth-order valence-electron chi connectivity index (χ4n) is 1.89. The first-order valence-electron chi connectivity index (χ1n) is 6.15. The highest BCUT2D eigenvalue weighted by Gasteiger charge is 2.21. The van der Waals surface area contributed by atoms with Gasteiger partial charge in [0.1, 0.15) is 11.6 Å². The highest BCUT2D eigenvalue weighted by atomic mass is 35.5. The van der Waals surface area contributed by atoms with E-state index in [4.69, 9.17) is 51.1 Å². The molecule has 0 heterocycles. The normalized spacial score (nSPS) is 12.3. The molecule has 1 atom stereocenters. The maximum absolute atomic E-state index is 14.1. The van der Waals surface area contributed by atoms with E-state index in [0.29, 0.717) is 28.0 Å². The first kappa shape index (κ1) is 16.7. The van der Waals surface area contributed by atoms with E-state index in [1.807, 2.05) is 6.92 Å². The summed E-state index contributed by atoms with van der Waals surface area (Å²) in [4.78, 5) is 0. The van der Waals surface area contributed by atoms with Crippen molar-refractivity contribution in [2.45, 2.75) is 12.3 Å². The Morgan fingerprint density at radius 2 is 1.76 bits per heavy atom. The van der Waals surface area contributed by atoms with Crippen LogP contribution < -0.4 is 4.74 Å². The van der Waals surface area contributed by atoms with Crippen molar-refractivity contribution in [3.05, 3.63) is 62.3 Å². The van der Waals surface area contributed by atoms with Crippen LogP contribution in [-0.2, 0) is 0 Å². The second-order valence-corrected chi connectivity index (χ2v) is 5.90. The summed E-state index contributed by atoms with van der Waals surface area (Å²) >= 11 is 24.4. The molecule has 0 saturated heterocycles. The van der Waals surface area contributed by atoms with E-state index in [1.165, 1.54) is 6.07 Å². The molecule has 0 aliphatic carbocycles. The van der Waals surface area contributed by atoms with Crippen molar-refractivity contribution < 1.29 is 9.13 Å². The van der Waals surface area contributed by atoms with Crippen LogP contribution in [0.15, 0.2) is 30.3 Å². The van der Waals surface area contributed by atoms with Gasteiger partial charge < -0.3 is 4.74 Å². The van der Waals surface area contributed by atoms with Crippen LogP contribution in [-0.4, -0.2) is 6.61 Å². The molecule has 1 nitrogen and oxygen atoms in total. The van der Waals surface area contributed by atoms with Gasteiger partial charge in [0.2, 0.25) is 0 Å². The fourth-order valence-corrected chi connectivity index (χ4v) is 2.96. The summed E-state index contributed by atoms with van der Waals surface area (Å²) in [6.45, 7) is 2.30. The molecule has 0 fully saturated rings. The molecule has 2 aromatic rings. The van der Waals surface area contributed by atoms with Gasteiger partial charge in [-0.3, -0.25) is 0 Å². The lowest BCUT2D eigenvalue weighted by Crippen LogP contribution is -2.00. The van der Waals surface area contributed by atoms with Gasteiger partial charge in [0, 0.05) is 16.7 Å². The summed E-state index contributed by atoms with van der Waals surface area (Å²) in [5.41, 5.74) is 0.735. The Bertz CT molecular complexity index is 660. The van der Waals surface area contributed by atoms with Gasteiger partial charge >= 0.3 is 0 Å². The third-order valence-electron chi connectivity index (χ3n) is 2.88. The molecule has 0 radical (unpaired) electrons. The molecule has 1 unspecified atom stereocenters. The van der Waals surface area contributed by atoms with Crippen molar-refractivity contribution in [2.24, 2.45) is 0 Å². The topological polar surface area (TPSA) is 9.23 Å². The monoisotopic (exact) mass is 366 g/mol. The van der Waals surface area contributed by atoms with Crippen LogP contribution in [0, 0.1) is 5.82 Å². The molecule has 0 amide bonds. The van der Waals surface area contributed by atoms with Crippen LogP contribution in [0.2, 0.25) is 15.1 Å². The zero-order valence-corrected chi connectivity index (χ0v) is 14.0. The lowest BCUT2D eigenvalue weighted by molar-refractivity contribution is 0.340. The number of hydrogen-bond donors (Lipinski definition) is 0. The number of hydrogen-bond acceptors (Lipinski definition) is 1. The minimum absolute atomic E-state index is 0.00584. The van der Waals surface area contributed by atoms with Crippen molar-refractivity contribution in [2.75, 3.05) is 6.61 Å². The first-order valence-corrected chi connectivity index (χ1v) is 7.72. The van der Waals surface area contributed by atoms with Gasteiger partial charge in [-0.05, 0) is 24.6 Å². The zero-order chi connectivity index (χ0) is 15.6. The summed E-state index contributed by atoms with van der Waals surface area (Å²) in [6.07, 6.45) is 0. The van der Waals surface area contributed by atoms with E-state index in [9.17, 15) is 4.39 Å². The molecule has 0 spiro atoms. The highest BCUT2D eigenvalue weighted by molar-refractivity contribution is 6.36. The average Bonchev–Trinajstić information content (AvgIpc) is 2.45. The predicted octanol–water partition coefficient (Wildman–Crippen LogP) is 6.51. The van der Waals surface area contributed by atoms with Crippen molar-refractivity contribution in [3.63, 3.8) is 0 Å². The Morgan fingerprint density at radius 3 is 2.43 bits per heavy atom. The number of rotatable bonds is 4. The predicted molar refractivity (Wildman–Crippen MR) is 86.7 cm³/mol. The third kappa shape index (κ3) is 3.57. The number of alkyl halides is 1.